The molecule has 0 unspecified atom stereocenters. The van der Waals surface area contributed by atoms with Crippen LogP contribution in [0.2, 0.25) is 0 Å². The lowest BCUT2D eigenvalue weighted by molar-refractivity contribution is -0.119. The van der Waals surface area contributed by atoms with Crippen molar-refractivity contribution in [3.05, 3.63) is 5.89 Å². The Morgan fingerprint density at radius 2 is 2.05 bits per heavy atom. The number of nitrogens with one attached hydrogen (secondary N) is 1. The monoisotopic (exact) mass is 278 g/mol. The fraction of sp³-hybridized carbons (Fsp3) is 0.786. The highest BCUT2D eigenvalue weighted by molar-refractivity contribution is 5.89. The fourth-order valence-corrected chi connectivity index (χ4v) is 3.04. The summed E-state index contributed by atoms with van der Waals surface area (Å²) in [5.41, 5.74) is 5.86. The molecule has 3 rings (SSSR count). The van der Waals surface area contributed by atoms with E-state index in [-0.39, 0.29) is 17.3 Å². The van der Waals surface area contributed by atoms with Gasteiger partial charge in [-0.2, -0.15) is 0 Å². The minimum absolute atomic E-state index is 0.0400. The van der Waals surface area contributed by atoms with Gasteiger partial charge in [0.1, 0.15) is 0 Å². The van der Waals surface area contributed by atoms with Gasteiger partial charge >= 0.3 is 6.01 Å². The molecule has 3 N–H and O–H groups in total. The SMILES string of the molecule is NCC1(CC(=O)Nc2nnc(C3CC3)o2)CCCCC1. The predicted octanol–water partition coefficient (Wildman–Crippen LogP) is 2.18. The van der Waals surface area contributed by atoms with Crippen LogP contribution in [0.3, 0.4) is 0 Å². The molecule has 110 valence electrons. The number of hydrogen-bond donors (Lipinski definition) is 2. The van der Waals surface area contributed by atoms with Gasteiger partial charge in [0, 0.05) is 12.3 Å². The quantitative estimate of drug-likeness (QED) is 0.861. The molecule has 1 aromatic heterocycles. The first-order valence-corrected chi connectivity index (χ1v) is 7.54. The number of nitrogens with zero attached hydrogens (tertiary/aromatic N) is 2. The average molecular weight is 278 g/mol. The first-order valence-electron chi connectivity index (χ1n) is 7.54. The summed E-state index contributed by atoms with van der Waals surface area (Å²) in [5, 5.41) is 10.6. The third-order valence-electron chi connectivity index (χ3n) is 4.50. The molecule has 0 aliphatic heterocycles. The topological polar surface area (TPSA) is 94.0 Å². The van der Waals surface area contributed by atoms with Crippen LogP contribution in [0.4, 0.5) is 6.01 Å². The van der Waals surface area contributed by atoms with Crippen molar-refractivity contribution in [3.8, 4) is 0 Å². The third kappa shape index (κ3) is 3.00. The van der Waals surface area contributed by atoms with E-state index in [1.165, 1.54) is 6.42 Å². The molecule has 2 aliphatic rings. The van der Waals surface area contributed by atoms with Crippen LogP contribution < -0.4 is 11.1 Å². The van der Waals surface area contributed by atoms with Crippen LogP contribution in [0.5, 0.6) is 0 Å². The molecule has 2 saturated carbocycles. The molecule has 0 atom stereocenters. The lowest BCUT2D eigenvalue weighted by atomic mass is 9.72. The summed E-state index contributed by atoms with van der Waals surface area (Å²) >= 11 is 0. The molecule has 0 spiro atoms. The molecule has 6 heteroatoms. The Balaban J connectivity index is 1.57. The zero-order chi connectivity index (χ0) is 14.0. The predicted molar refractivity (Wildman–Crippen MR) is 74.1 cm³/mol. The van der Waals surface area contributed by atoms with Crippen molar-refractivity contribution in [1.29, 1.82) is 0 Å². The highest BCUT2D eigenvalue weighted by atomic mass is 16.4. The smallest absolute Gasteiger partial charge is 0.322 e. The number of amides is 1. The summed E-state index contributed by atoms with van der Waals surface area (Å²) in [7, 11) is 0. The molecule has 20 heavy (non-hydrogen) atoms. The minimum Gasteiger partial charge on any atom is -0.408 e. The molecule has 1 heterocycles. The number of anilines is 1. The number of carbonyl (C=O) groups is 1. The van der Waals surface area contributed by atoms with Gasteiger partial charge in [0.25, 0.3) is 0 Å². The Morgan fingerprint density at radius 1 is 1.30 bits per heavy atom. The van der Waals surface area contributed by atoms with Crippen molar-refractivity contribution in [2.45, 2.75) is 57.3 Å². The molecule has 1 amide bonds. The molecular formula is C14H22N4O2. The van der Waals surface area contributed by atoms with E-state index in [9.17, 15) is 4.79 Å². The van der Waals surface area contributed by atoms with Crippen LogP contribution in [0.1, 0.15) is 63.2 Å². The van der Waals surface area contributed by atoms with E-state index in [4.69, 9.17) is 10.2 Å². The Hall–Kier alpha value is -1.43. The van der Waals surface area contributed by atoms with Crippen LogP contribution in [-0.4, -0.2) is 22.6 Å². The van der Waals surface area contributed by atoms with Gasteiger partial charge in [-0.05, 0) is 37.6 Å². The van der Waals surface area contributed by atoms with Crippen LogP contribution in [0.25, 0.3) is 0 Å². The summed E-state index contributed by atoms with van der Waals surface area (Å²) in [4.78, 5) is 12.1. The summed E-state index contributed by atoms with van der Waals surface area (Å²) < 4.78 is 5.45. The van der Waals surface area contributed by atoms with Gasteiger partial charge in [0.2, 0.25) is 11.8 Å². The van der Waals surface area contributed by atoms with Crippen molar-refractivity contribution < 1.29 is 9.21 Å². The van der Waals surface area contributed by atoms with Crippen molar-refractivity contribution in [2.75, 3.05) is 11.9 Å². The van der Waals surface area contributed by atoms with E-state index in [0.717, 1.165) is 38.5 Å². The van der Waals surface area contributed by atoms with Crippen LogP contribution >= 0.6 is 0 Å². The lowest BCUT2D eigenvalue weighted by Crippen LogP contribution is -2.36. The van der Waals surface area contributed by atoms with Crippen molar-refractivity contribution in [3.63, 3.8) is 0 Å². The molecule has 0 bridgehead atoms. The van der Waals surface area contributed by atoms with Crippen LogP contribution in [-0.2, 0) is 4.79 Å². The largest absolute Gasteiger partial charge is 0.408 e. The van der Waals surface area contributed by atoms with Gasteiger partial charge in [0.15, 0.2) is 0 Å². The number of nitrogens with two attached hydrogens (primary N) is 1. The van der Waals surface area contributed by atoms with Crippen molar-refractivity contribution in [2.24, 2.45) is 11.1 Å². The summed E-state index contributed by atoms with van der Waals surface area (Å²) in [6.07, 6.45) is 8.30. The molecule has 0 aromatic carbocycles. The van der Waals surface area contributed by atoms with E-state index in [2.05, 4.69) is 15.5 Å². The van der Waals surface area contributed by atoms with E-state index >= 15 is 0 Å². The van der Waals surface area contributed by atoms with Gasteiger partial charge in [-0.25, -0.2) is 0 Å². The number of carbonyl (C=O) groups excluding carboxylic acids is 1. The second-order valence-corrected chi connectivity index (χ2v) is 6.21. The van der Waals surface area contributed by atoms with E-state index in [1.54, 1.807) is 0 Å². The maximum atomic E-state index is 12.1. The first kappa shape index (κ1) is 13.5. The summed E-state index contributed by atoms with van der Waals surface area (Å²) in [5.74, 6) is 0.983. The zero-order valence-corrected chi connectivity index (χ0v) is 11.7. The third-order valence-corrected chi connectivity index (χ3v) is 4.50. The van der Waals surface area contributed by atoms with Gasteiger partial charge in [-0.15, -0.1) is 5.10 Å². The highest BCUT2D eigenvalue weighted by Gasteiger charge is 2.34. The van der Waals surface area contributed by atoms with E-state index in [1.807, 2.05) is 0 Å². The molecule has 2 fully saturated rings. The molecule has 2 aliphatic carbocycles. The van der Waals surface area contributed by atoms with Gasteiger partial charge in [-0.3, -0.25) is 10.1 Å². The second-order valence-electron chi connectivity index (χ2n) is 6.21. The maximum Gasteiger partial charge on any atom is 0.322 e. The molecular weight excluding hydrogens is 256 g/mol. The van der Waals surface area contributed by atoms with E-state index < -0.39 is 0 Å². The summed E-state index contributed by atoms with van der Waals surface area (Å²) in [6.45, 7) is 0.567. The van der Waals surface area contributed by atoms with Gasteiger partial charge in [0.05, 0.1) is 0 Å². The Labute approximate surface area is 118 Å². The van der Waals surface area contributed by atoms with Gasteiger partial charge < -0.3 is 10.2 Å². The molecule has 0 saturated heterocycles. The molecule has 6 nitrogen and oxygen atoms in total. The maximum absolute atomic E-state index is 12.1. The van der Waals surface area contributed by atoms with Gasteiger partial charge in [-0.1, -0.05) is 24.4 Å². The van der Waals surface area contributed by atoms with E-state index in [0.29, 0.717) is 24.8 Å². The molecule has 1 aromatic rings. The second kappa shape index (κ2) is 5.52. The minimum atomic E-state index is -0.0663. The normalized spacial score (nSPS) is 21.6. The standard InChI is InChI=1S/C14H22N4O2/c15-9-14(6-2-1-3-7-14)8-11(19)16-13-18-17-12(20-13)10-4-5-10/h10H,1-9,15H2,(H,16,18,19). The number of hydrogen-bond acceptors (Lipinski definition) is 5. The van der Waals surface area contributed by atoms with Crippen LogP contribution in [0, 0.1) is 5.41 Å². The molecule has 0 radical (unpaired) electrons. The Morgan fingerprint density at radius 3 is 2.70 bits per heavy atom. The Kier molecular flexibility index (Phi) is 3.74. The fourth-order valence-electron chi connectivity index (χ4n) is 3.04. The van der Waals surface area contributed by atoms with Crippen LogP contribution in [0.15, 0.2) is 4.42 Å². The number of aromatic nitrogens is 2. The summed E-state index contributed by atoms with van der Waals surface area (Å²) in [6, 6.07) is 0.222. The lowest BCUT2D eigenvalue weighted by Gasteiger charge is -2.35. The highest BCUT2D eigenvalue weighted by Crippen LogP contribution is 2.40. The first-order chi connectivity index (χ1) is 9.71. The zero-order valence-electron chi connectivity index (χ0n) is 11.7. The number of rotatable bonds is 5. The van der Waals surface area contributed by atoms with Crippen molar-refractivity contribution >= 4 is 11.9 Å². The Bertz CT molecular complexity index is 475. The van der Waals surface area contributed by atoms with Crippen molar-refractivity contribution in [1.82, 2.24) is 10.2 Å². The average Bonchev–Trinajstić information content (AvgIpc) is 3.21.